The molecule has 2 aromatic carbocycles. The van der Waals surface area contributed by atoms with Crippen LogP contribution >= 0.6 is 0 Å². The molecule has 0 saturated heterocycles. The molecule has 0 radical (unpaired) electrons. The molecule has 3 rings (SSSR count). The number of amides is 1. The van der Waals surface area contributed by atoms with Gasteiger partial charge in [-0.05, 0) is 36.3 Å². The molecule has 1 heterocycles. The van der Waals surface area contributed by atoms with Gasteiger partial charge in [-0.2, -0.15) is 0 Å². The van der Waals surface area contributed by atoms with Crippen LogP contribution in [0.2, 0.25) is 0 Å². The highest BCUT2D eigenvalue weighted by molar-refractivity contribution is 5.99. The second-order valence-electron chi connectivity index (χ2n) is 6.18. The van der Waals surface area contributed by atoms with E-state index < -0.39 is 0 Å². The Morgan fingerprint density at radius 3 is 2.73 bits per heavy atom. The number of rotatable bonds is 7. The predicted octanol–water partition coefficient (Wildman–Crippen LogP) is 2.50. The van der Waals surface area contributed by atoms with E-state index in [1.165, 1.54) is 5.56 Å². The summed E-state index contributed by atoms with van der Waals surface area (Å²) >= 11 is 0. The quantitative estimate of drug-likeness (QED) is 0.832. The number of methoxy groups -OCH3 is 1. The van der Waals surface area contributed by atoms with Crippen LogP contribution in [0.3, 0.4) is 0 Å². The summed E-state index contributed by atoms with van der Waals surface area (Å²) in [6, 6.07) is 15.7. The van der Waals surface area contributed by atoms with Crippen molar-refractivity contribution in [2.24, 2.45) is 5.73 Å². The zero-order valence-corrected chi connectivity index (χ0v) is 15.0. The third kappa shape index (κ3) is 4.24. The first-order valence-electron chi connectivity index (χ1n) is 8.76. The van der Waals surface area contributed by atoms with Crippen LogP contribution < -0.4 is 15.2 Å². The fourth-order valence-corrected chi connectivity index (χ4v) is 2.99. The molecule has 0 spiro atoms. The number of carbonyl (C=O) groups is 1. The van der Waals surface area contributed by atoms with Gasteiger partial charge in [0.05, 0.1) is 12.7 Å². The Hall–Kier alpha value is -2.79. The minimum absolute atomic E-state index is 0.0279. The molecule has 136 valence electrons. The summed E-state index contributed by atoms with van der Waals surface area (Å²) in [7, 11) is 1.62. The van der Waals surface area contributed by atoms with Crippen molar-refractivity contribution in [1.29, 1.82) is 0 Å². The lowest BCUT2D eigenvalue weighted by molar-refractivity contribution is -0.127. The van der Waals surface area contributed by atoms with Crippen LogP contribution in [0.4, 0.5) is 0 Å². The Morgan fingerprint density at radius 2 is 2.00 bits per heavy atom. The van der Waals surface area contributed by atoms with Gasteiger partial charge < -0.3 is 20.1 Å². The number of benzene rings is 2. The monoisotopic (exact) mass is 352 g/mol. The highest BCUT2D eigenvalue weighted by atomic mass is 16.5. The second-order valence-corrected chi connectivity index (χ2v) is 6.18. The fraction of sp³-hybridized carbons (Fsp3) is 0.286. The van der Waals surface area contributed by atoms with Gasteiger partial charge in [-0.1, -0.05) is 30.3 Å². The van der Waals surface area contributed by atoms with Gasteiger partial charge >= 0.3 is 0 Å². The molecule has 0 unspecified atom stereocenters. The van der Waals surface area contributed by atoms with Crippen LogP contribution in [-0.2, 0) is 11.2 Å². The third-order valence-corrected chi connectivity index (χ3v) is 4.40. The summed E-state index contributed by atoms with van der Waals surface area (Å²) in [5.74, 6) is 1.47. The largest absolute Gasteiger partial charge is 0.497 e. The molecule has 0 saturated carbocycles. The normalized spacial score (nSPS) is 12.6. The van der Waals surface area contributed by atoms with Crippen molar-refractivity contribution in [2.45, 2.75) is 6.42 Å². The lowest BCUT2D eigenvalue weighted by Crippen LogP contribution is -2.39. The molecule has 0 atom stereocenters. The van der Waals surface area contributed by atoms with Crippen molar-refractivity contribution in [3.63, 3.8) is 0 Å². The number of hydrogen-bond donors (Lipinski definition) is 1. The second kappa shape index (κ2) is 8.54. The minimum Gasteiger partial charge on any atom is -0.497 e. The molecule has 5 heteroatoms. The average Bonchev–Trinajstić information content (AvgIpc) is 2.70. The van der Waals surface area contributed by atoms with Crippen molar-refractivity contribution in [3.05, 3.63) is 65.2 Å². The Balaban J connectivity index is 1.75. The van der Waals surface area contributed by atoms with Crippen LogP contribution in [0, 0.1) is 0 Å². The van der Waals surface area contributed by atoms with E-state index in [1.807, 2.05) is 42.5 Å². The Kier molecular flexibility index (Phi) is 5.92. The Morgan fingerprint density at radius 1 is 1.19 bits per heavy atom. The Bertz CT molecular complexity index is 787. The van der Waals surface area contributed by atoms with Crippen LogP contribution in [0.5, 0.6) is 11.5 Å². The van der Waals surface area contributed by atoms with Gasteiger partial charge in [0, 0.05) is 25.2 Å². The third-order valence-electron chi connectivity index (χ3n) is 4.40. The zero-order valence-electron chi connectivity index (χ0n) is 15.0. The predicted molar refractivity (Wildman–Crippen MR) is 102 cm³/mol. The maximum atomic E-state index is 13.0. The summed E-state index contributed by atoms with van der Waals surface area (Å²) in [6.45, 7) is 1.85. The van der Waals surface area contributed by atoms with Crippen LogP contribution in [0.1, 0.15) is 11.1 Å². The van der Waals surface area contributed by atoms with Crippen LogP contribution in [0.15, 0.2) is 54.1 Å². The lowest BCUT2D eigenvalue weighted by Gasteiger charge is -2.25. The number of carbonyl (C=O) groups excluding carboxylic acids is 1. The van der Waals surface area contributed by atoms with Crippen LogP contribution in [0.25, 0.3) is 6.08 Å². The summed E-state index contributed by atoms with van der Waals surface area (Å²) in [4.78, 5) is 14.8. The average molecular weight is 352 g/mol. The number of nitrogens with two attached hydrogens (primary N) is 1. The van der Waals surface area contributed by atoms with E-state index in [4.69, 9.17) is 15.2 Å². The smallest absolute Gasteiger partial charge is 0.253 e. The zero-order chi connectivity index (χ0) is 18.4. The van der Waals surface area contributed by atoms with Crippen molar-refractivity contribution in [2.75, 3.05) is 33.4 Å². The Labute approximate surface area is 154 Å². The van der Waals surface area contributed by atoms with Gasteiger partial charge in [0.15, 0.2) is 0 Å². The molecule has 0 bridgehead atoms. The molecule has 26 heavy (non-hydrogen) atoms. The van der Waals surface area contributed by atoms with E-state index in [2.05, 4.69) is 12.1 Å². The molecule has 2 aromatic rings. The summed E-state index contributed by atoms with van der Waals surface area (Å²) < 4.78 is 11.0. The summed E-state index contributed by atoms with van der Waals surface area (Å²) in [5, 5.41) is 0. The van der Waals surface area contributed by atoms with Gasteiger partial charge in [-0.25, -0.2) is 0 Å². The van der Waals surface area contributed by atoms with Crippen molar-refractivity contribution in [3.8, 4) is 11.5 Å². The number of hydrogen-bond acceptors (Lipinski definition) is 4. The van der Waals surface area contributed by atoms with Crippen LogP contribution in [-0.4, -0.2) is 44.2 Å². The van der Waals surface area contributed by atoms with Crippen molar-refractivity contribution < 1.29 is 14.3 Å². The number of ether oxygens (including phenoxy) is 2. The molecule has 1 aliphatic rings. The van der Waals surface area contributed by atoms with E-state index in [1.54, 1.807) is 12.0 Å². The standard InChI is InChI=1S/C21H24N2O3/c1-25-19-7-8-20-17(14-19)13-18(15-26-20)21(24)23(12-10-22)11-9-16-5-3-2-4-6-16/h2-8,13-14H,9-12,15,22H2,1H3. The number of fused-ring (bicyclic) bond motifs is 1. The maximum absolute atomic E-state index is 13.0. The molecule has 1 amide bonds. The molecule has 0 aromatic heterocycles. The molecule has 0 fully saturated rings. The molecule has 2 N–H and O–H groups in total. The SMILES string of the molecule is COc1ccc2c(c1)C=C(C(=O)N(CCN)CCc1ccccc1)CO2. The van der Waals surface area contributed by atoms with Gasteiger partial charge in [-0.15, -0.1) is 0 Å². The van der Waals surface area contributed by atoms with E-state index >= 15 is 0 Å². The first kappa shape index (κ1) is 18.0. The number of nitrogens with zero attached hydrogens (tertiary/aromatic N) is 1. The maximum Gasteiger partial charge on any atom is 0.253 e. The lowest BCUT2D eigenvalue weighted by atomic mass is 10.1. The van der Waals surface area contributed by atoms with E-state index in [-0.39, 0.29) is 12.5 Å². The van der Waals surface area contributed by atoms with Gasteiger partial charge in [0.1, 0.15) is 18.1 Å². The topological polar surface area (TPSA) is 64.8 Å². The first-order valence-corrected chi connectivity index (χ1v) is 8.76. The van der Waals surface area contributed by atoms with Gasteiger partial charge in [-0.3, -0.25) is 4.79 Å². The fourth-order valence-electron chi connectivity index (χ4n) is 2.99. The van der Waals surface area contributed by atoms with Crippen molar-refractivity contribution in [1.82, 2.24) is 4.90 Å². The van der Waals surface area contributed by atoms with Gasteiger partial charge in [0.2, 0.25) is 0 Å². The minimum atomic E-state index is -0.0279. The van der Waals surface area contributed by atoms with E-state index in [0.717, 1.165) is 23.5 Å². The molecule has 5 nitrogen and oxygen atoms in total. The molecule has 1 aliphatic heterocycles. The van der Waals surface area contributed by atoms with Gasteiger partial charge in [0.25, 0.3) is 5.91 Å². The highest BCUT2D eigenvalue weighted by Gasteiger charge is 2.22. The van der Waals surface area contributed by atoms with Crippen molar-refractivity contribution >= 4 is 12.0 Å². The molecular formula is C21H24N2O3. The van der Waals surface area contributed by atoms with E-state index in [9.17, 15) is 4.79 Å². The summed E-state index contributed by atoms with van der Waals surface area (Å²) in [6.07, 6.45) is 2.68. The first-order chi connectivity index (χ1) is 12.7. The van der Waals surface area contributed by atoms with E-state index in [0.29, 0.717) is 25.2 Å². The highest BCUT2D eigenvalue weighted by Crippen LogP contribution is 2.30. The molecule has 0 aliphatic carbocycles. The summed E-state index contributed by atoms with van der Waals surface area (Å²) in [5.41, 5.74) is 8.41. The molecular weight excluding hydrogens is 328 g/mol.